The quantitative estimate of drug-likeness (QED) is 0.945. The SMILES string of the molecule is O=c1[nH]c(CC2CCCC2)nc2c1cnn2C1CCCCO1. The van der Waals surface area contributed by atoms with Gasteiger partial charge in [-0.3, -0.25) is 4.79 Å². The highest BCUT2D eigenvalue weighted by Crippen LogP contribution is 2.28. The number of hydrogen-bond acceptors (Lipinski definition) is 4. The lowest BCUT2D eigenvalue weighted by Crippen LogP contribution is -2.21. The van der Waals surface area contributed by atoms with Gasteiger partial charge in [0, 0.05) is 13.0 Å². The van der Waals surface area contributed by atoms with Crippen molar-refractivity contribution in [3.05, 3.63) is 22.4 Å². The Kier molecular flexibility index (Phi) is 3.70. The van der Waals surface area contributed by atoms with E-state index in [4.69, 9.17) is 9.72 Å². The van der Waals surface area contributed by atoms with Crippen LogP contribution < -0.4 is 5.56 Å². The van der Waals surface area contributed by atoms with E-state index in [0.717, 1.165) is 38.1 Å². The van der Waals surface area contributed by atoms with Crippen molar-refractivity contribution in [1.29, 1.82) is 0 Å². The van der Waals surface area contributed by atoms with Gasteiger partial charge in [0.2, 0.25) is 0 Å². The normalized spacial score (nSPS) is 23.4. The van der Waals surface area contributed by atoms with Gasteiger partial charge in [-0.2, -0.15) is 5.10 Å². The monoisotopic (exact) mass is 302 g/mol. The summed E-state index contributed by atoms with van der Waals surface area (Å²) in [5.74, 6) is 1.45. The summed E-state index contributed by atoms with van der Waals surface area (Å²) in [4.78, 5) is 19.9. The Balaban J connectivity index is 1.69. The van der Waals surface area contributed by atoms with Gasteiger partial charge in [0.1, 0.15) is 11.2 Å². The molecule has 2 fully saturated rings. The number of H-pyrrole nitrogens is 1. The first-order chi connectivity index (χ1) is 10.8. The Hall–Kier alpha value is -1.69. The fourth-order valence-electron chi connectivity index (χ4n) is 3.69. The molecule has 2 aromatic rings. The van der Waals surface area contributed by atoms with E-state index in [-0.39, 0.29) is 11.8 Å². The Morgan fingerprint density at radius 2 is 2.05 bits per heavy atom. The van der Waals surface area contributed by atoms with Crippen molar-refractivity contribution >= 4 is 11.0 Å². The van der Waals surface area contributed by atoms with Gasteiger partial charge in [-0.15, -0.1) is 0 Å². The van der Waals surface area contributed by atoms with Gasteiger partial charge in [0.05, 0.1) is 6.20 Å². The number of aromatic amines is 1. The molecule has 0 aromatic carbocycles. The van der Waals surface area contributed by atoms with Crippen molar-refractivity contribution in [2.24, 2.45) is 5.92 Å². The van der Waals surface area contributed by atoms with Crippen molar-refractivity contribution in [2.75, 3.05) is 6.61 Å². The van der Waals surface area contributed by atoms with E-state index in [2.05, 4.69) is 10.1 Å². The Morgan fingerprint density at radius 1 is 1.23 bits per heavy atom. The summed E-state index contributed by atoms with van der Waals surface area (Å²) in [5, 5.41) is 4.92. The highest BCUT2D eigenvalue weighted by atomic mass is 16.5. The van der Waals surface area contributed by atoms with Crippen LogP contribution in [-0.4, -0.2) is 26.4 Å². The van der Waals surface area contributed by atoms with Crippen LogP contribution in [0.1, 0.15) is 57.0 Å². The predicted molar refractivity (Wildman–Crippen MR) is 82.7 cm³/mol. The summed E-state index contributed by atoms with van der Waals surface area (Å²) < 4.78 is 7.59. The molecule has 1 aliphatic heterocycles. The lowest BCUT2D eigenvalue weighted by atomic mass is 10.0. The molecule has 0 spiro atoms. The molecule has 0 radical (unpaired) electrons. The molecule has 1 unspecified atom stereocenters. The second-order valence-electron chi connectivity index (χ2n) is 6.51. The molecule has 22 heavy (non-hydrogen) atoms. The summed E-state index contributed by atoms with van der Waals surface area (Å²) in [5.41, 5.74) is 0.587. The van der Waals surface area contributed by atoms with E-state index < -0.39 is 0 Å². The number of nitrogens with one attached hydrogen (secondary N) is 1. The van der Waals surface area contributed by atoms with Gasteiger partial charge in [-0.25, -0.2) is 9.67 Å². The average molecular weight is 302 g/mol. The minimum absolute atomic E-state index is 0.0833. The van der Waals surface area contributed by atoms with E-state index in [1.165, 1.54) is 25.7 Å². The third kappa shape index (κ3) is 2.56. The van der Waals surface area contributed by atoms with E-state index in [1.807, 2.05) is 0 Å². The molecular formula is C16H22N4O2. The minimum Gasteiger partial charge on any atom is -0.356 e. The average Bonchev–Trinajstić information content (AvgIpc) is 3.18. The summed E-state index contributed by atoms with van der Waals surface area (Å²) >= 11 is 0. The van der Waals surface area contributed by atoms with Crippen molar-refractivity contribution in [3.63, 3.8) is 0 Å². The number of ether oxygens (including phenoxy) is 1. The molecule has 4 rings (SSSR count). The predicted octanol–water partition coefficient (Wildman–Crippen LogP) is 2.55. The van der Waals surface area contributed by atoms with Crippen LogP contribution in [0.4, 0.5) is 0 Å². The first kappa shape index (κ1) is 13.9. The molecular weight excluding hydrogens is 280 g/mol. The molecule has 2 aromatic heterocycles. The number of nitrogens with zero attached hydrogens (tertiary/aromatic N) is 3. The highest BCUT2D eigenvalue weighted by Gasteiger charge is 2.22. The number of hydrogen-bond donors (Lipinski definition) is 1. The lowest BCUT2D eigenvalue weighted by molar-refractivity contribution is -0.0370. The van der Waals surface area contributed by atoms with E-state index in [1.54, 1.807) is 10.9 Å². The lowest BCUT2D eigenvalue weighted by Gasteiger charge is -2.23. The fraction of sp³-hybridized carbons (Fsp3) is 0.688. The first-order valence-electron chi connectivity index (χ1n) is 8.39. The second-order valence-corrected chi connectivity index (χ2v) is 6.51. The maximum absolute atomic E-state index is 12.3. The van der Waals surface area contributed by atoms with Crippen LogP contribution in [0.25, 0.3) is 11.0 Å². The number of rotatable bonds is 3. The topological polar surface area (TPSA) is 72.8 Å². The van der Waals surface area contributed by atoms with Gasteiger partial charge in [0.25, 0.3) is 5.56 Å². The molecule has 6 nitrogen and oxygen atoms in total. The van der Waals surface area contributed by atoms with Crippen LogP contribution in [0.3, 0.4) is 0 Å². The molecule has 1 aliphatic carbocycles. The first-order valence-corrected chi connectivity index (χ1v) is 8.39. The molecule has 6 heteroatoms. The van der Waals surface area contributed by atoms with Gasteiger partial charge in [-0.1, -0.05) is 25.7 Å². The van der Waals surface area contributed by atoms with Gasteiger partial charge in [-0.05, 0) is 25.2 Å². The molecule has 118 valence electrons. The van der Waals surface area contributed by atoms with Crippen molar-refractivity contribution < 1.29 is 4.74 Å². The van der Waals surface area contributed by atoms with Gasteiger partial charge in [0.15, 0.2) is 11.9 Å². The molecule has 0 amide bonds. The molecule has 1 atom stereocenters. The van der Waals surface area contributed by atoms with Crippen molar-refractivity contribution in [2.45, 2.75) is 57.6 Å². The van der Waals surface area contributed by atoms with Crippen molar-refractivity contribution in [1.82, 2.24) is 19.7 Å². The molecule has 0 bridgehead atoms. The smallest absolute Gasteiger partial charge is 0.262 e. The number of fused-ring (bicyclic) bond motifs is 1. The standard InChI is InChI=1S/C16H22N4O2/c21-16-12-10-17-20(14-7-3-4-8-22-14)15(12)18-13(19-16)9-11-5-1-2-6-11/h10-11,14H,1-9H2,(H,18,19,21). The van der Waals surface area contributed by atoms with Crippen LogP contribution in [0, 0.1) is 5.92 Å². The van der Waals surface area contributed by atoms with Crippen LogP contribution in [0.2, 0.25) is 0 Å². The zero-order valence-electron chi connectivity index (χ0n) is 12.8. The van der Waals surface area contributed by atoms with E-state index in [0.29, 0.717) is 17.0 Å². The van der Waals surface area contributed by atoms with Gasteiger partial charge < -0.3 is 9.72 Å². The zero-order valence-corrected chi connectivity index (χ0v) is 12.8. The fourth-order valence-corrected chi connectivity index (χ4v) is 3.69. The molecule has 2 aliphatic rings. The third-order valence-electron chi connectivity index (χ3n) is 4.90. The van der Waals surface area contributed by atoms with Crippen LogP contribution in [0.5, 0.6) is 0 Å². The molecule has 3 heterocycles. The second kappa shape index (κ2) is 5.83. The van der Waals surface area contributed by atoms with Crippen LogP contribution in [0.15, 0.2) is 11.0 Å². The summed E-state index contributed by atoms with van der Waals surface area (Å²) in [6.07, 6.45) is 10.6. The Bertz CT molecular complexity index is 708. The van der Waals surface area contributed by atoms with Crippen molar-refractivity contribution in [3.8, 4) is 0 Å². The zero-order chi connectivity index (χ0) is 14.9. The molecule has 1 saturated heterocycles. The Labute approximate surface area is 128 Å². The highest BCUT2D eigenvalue weighted by molar-refractivity contribution is 5.73. The van der Waals surface area contributed by atoms with Crippen LogP contribution in [-0.2, 0) is 11.2 Å². The summed E-state index contributed by atoms with van der Waals surface area (Å²) in [7, 11) is 0. The molecule has 1 saturated carbocycles. The van der Waals surface area contributed by atoms with Crippen LogP contribution >= 0.6 is 0 Å². The molecule has 1 N–H and O–H groups in total. The number of aromatic nitrogens is 4. The largest absolute Gasteiger partial charge is 0.356 e. The Morgan fingerprint density at radius 3 is 2.82 bits per heavy atom. The summed E-state index contributed by atoms with van der Waals surface area (Å²) in [6.45, 7) is 0.754. The third-order valence-corrected chi connectivity index (χ3v) is 4.90. The minimum atomic E-state index is -0.0834. The maximum atomic E-state index is 12.3. The summed E-state index contributed by atoms with van der Waals surface area (Å²) in [6, 6.07) is 0. The maximum Gasteiger partial charge on any atom is 0.262 e. The van der Waals surface area contributed by atoms with E-state index in [9.17, 15) is 4.79 Å². The van der Waals surface area contributed by atoms with Gasteiger partial charge >= 0.3 is 0 Å². The van der Waals surface area contributed by atoms with E-state index >= 15 is 0 Å².